The van der Waals surface area contributed by atoms with Gasteiger partial charge in [0.05, 0.1) is 32.8 Å². The Labute approximate surface area is 283 Å². The van der Waals surface area contributed by atoms with Crippen molar-refractivity contribution in [2.45, 2.75) is 39.0 Å². The van der Waals surface area contributed by atoms with Crippen LogP contribution in [0.2, 0.25) is 0 Å². The third-order valence-electron chi connectivity index (χ3n) is 9.22. The average molecular weight is 740 g/mol. The number of pyridine rings is 1. The van der Waals surface area contributed by atoms with Crippen LogP contribution in [0.25, 0.3) is 10.9 Å². The summed E-state index contributed by atoms with van der Waals surface area (Å²) < 4.78 is 20.9. The number of aromatic nitrogens is 1. The van der Waals surface area contributed by atoms with E-state index in [1.54, 1.807) is 21.3 Å². The molecule has 0 spiro atoms. The van der Waals surface area contributed by atoms with Gasteiger partial charge in [0, 0.05) is 45.3 Å². The number of aliphatic hydroxyl groups excluding tert-OH is 1. The van der Waals surface area contributed by atoms with Crippen molar-refractivity contribution in [2.24, 2.45) is 17.8 Å². The zero-order valence-electron chi connectivity index (χ0n) is 26.5. The molecule has 3 aromatic carbocycles. The molecule has 2 unspecified atom stereocenters. The zero-order valence-corrected chi connectivity index (χ0v) is 29.7. The zero-order chi connectivity index (χ0) is 32.1. The number of fused-ring (bicyclic) bond motifs is 1. The van der Waals surface area contributed by atoms with Gasteiger partial charge >= 0.3 is 0 Å². The third-order valence-corrected chi connectivity index (χ3v) is 10.8. The summed E-state index contributed by atoms with van der Waals surface area (Å²) in [5.74, 6) is 3.33. The lowest BCUT2D eigenvalue weighted by Gasteiger charge is -2.39. The van der Waals surface area contributed by atoms with E-state index in [-0.39, 0.29) is 5.92 Å². The van der Waals surface area contributed by atoms with Gasteiger partial charge in [-0.25, -0.2) is 0 Å². The van der Waals surface area contributed by atoms with Crippen LogP contribution in [0.3, 0.4) is 0 Å². The summed E-state index contributed by atoms with van der Waals surface area (Å²) in [4.78, 5) is 2.50. The highest BCUT2D eigenvalue weighted by molar-refractivity contribution is 9.10. The first-order chi connectivity index (χ1) is 21.7. The molecule has 5 rings (SSSR count). The molecule has 4 atom stereocenters. The summed E-state index contributed by atoms with van der Waals surface area (Å²) in [5.41, 5.74) is 4.29. The predicted octanol–water partition coefficient (Wildman–Crippen LogP) is 8.11. The van der Waals surface area contributed by atoms with E-state index in [0.717, 1.165) is 80.7 Å². The maximum atomic E-state index is 11.8. The highest BCUT2D eigenvalue weighted by Crippen LogP contribution is 2.38. The number of hydrogen-bond acceptors (Lipinski definition) is 5. The first kappa shape index (κ1) is 33.5. The van der Waals surface area contributed by atoms with Crippen LogP contribution in [0.4, 0.5) is 0 Å². The predicted molar refractivity (Wildman–Crippen MR) is 187 cm³/mol. The molecule has 0 radical (unpaired) electrons. The number of piperidine rings is 1. The SMILES string of the molecule is C=C[C@@H]1CN(Cc2cc(OC)ccc2Br)CCC1CC(C)[C@@H](O)c1cc[n+](Cc2cc(OC)ccc2Br)c2ccc(OC)cc12. The quantitative estimate of drug-likeness (QED) is 0.118. The monoisotopic (exact) mass is 737 g/mol. The molecule has 238 valence electrons. The van der Waals surface area contributed by atoms with Crippen LogP contribution in [-0.2, 0) is 13.1 Å². The van der Waals surface area contributed by atoms with E-state index in [1.807, 2.05) is 36.4 Å². The average Bonchev–Trinajstić information content (AvgIpc) is 3.06. The number of rotatable bonds is 12. The number of halogens is 2. The molecule has 45 heavy (non-hydrogen) atoms. The minimum Gasteiger partial charge on any atom is -0.497 e. The molecule has 1 aliphatic heterocycles. The smallest absolute Gasteiger partial charge is 0.213 e. The second-order valence-electron chi connectivity index (χ2n) is 12.0. The lowest BCUT2D eigenvalue weighted by Crippen LogP contribution is -2.40. The number of nitrogens with zero attached hydrogens (tertiary/aromatic N) is 2. The Kier molecular flexibility index (Phi) is 11.2. The fraction of sp³-hybridized carbons (Fsp3) is 0.378. The maximum absolute atomic E-state index is 11.8. The fourth-order valence-electron chi connectivity index (χ4n) is 6.60. The number of benzene rings is 3. The van der Waals surface area contributed by atoms with E-state index in [1.165, 1.54) is 5.56 Å². The van der Waals surface area contributed by atoms with Gasteiger partial charge < -0.3 is 19.3 Å². The van der Waals surface area contributed by atoms with E-state index in [0.29, 0.717) is 18.4 Å². The Bertz CT molecular complexity index is 1640. The van der Waals surface area contributed by atoms with Crippen molar-refractivity contribution >= 4 is 42.8 Å². The molecule has 1 N–H and O–H groups in total. The van der Waals surface area contributed by atoms with E-state index < -0.39 is 6.10 Å². The molecular weight excluding hydrogens is 696 g/mol. The lowest BCUT2D eigenvalue weighted by atomic mass is 9.77. The second kappa shape index (κ2) is 15.1. The minimum absolute atomic E-state index is 0.0642. The first-order valence-corrected chi connectivity index (χ1v) is 17.0. The number of hydrogen-bond donors (Lipinski definition) is 1. The number of methoxy groups -OCH3 is 3. The van der Waals surface area contributed by atoms with E-state index in [2.05, 4.69) is 91.4 Å². The topological polar surface area (TPSA) is 55.0 Å². The second-order valence-corrected chi connectivity index (χ2v) is 13.7. The summed E-state index contributed by atoms with van der Waals surface area (Å²) in [6.07, 6.45) is 5.56. The molecule has 1 saturated heterocycles. The molecule has 4 aromatic rings. The Morgan fingerprint density at radius 2 is 1.56 bits per heavy atom. The van der Waals surface area contributed by atoms with Gasteiger partial charge in [-0.3, -0.25) is 4.90 Å². The van der Waals surface area contributed by atoms with E-state index in [4.69, 9.17) is 14.2 Å². The Morgan fingerprint density at radius 1 is 0.933 bits per heavy atom. The molecule has 0 amide bonds. The van der Waals surface area contributed by atoms with Crippen molar-refractivity contribution in [3.8, 4) is 17.2 Å². The van der Waals surface area contributed by atoms with Gasteiger partial charge in [-0.1, -0.05) is 44.9 Å². The van der Waals surface area contributed by atoms with Crippen molar-refractivity contribution in [3.05, 3.63) is 105 Å². The standard InChI is InChI=1S/C37H43Br2N2O4/c1-6-25-21-40(22-27-18-29(43-3)7-10-34(27)38)15-13-26(25)17-24(2)37(42)32-14-16-41(36-12-9-31(45-5)20-33(32)36)23-28-19-30(44-4)8-11-35(28)39/h6-12,14,16,18-20,24-26,37,42H,1,13,15,17,21-23H2,2-5H3/q+1/t24?,25-,26?,37-/m1/s1. The van der Waals surface area contributed by atoms with Gasteiger partial charge in [-0.15, -0.1) is 6.58 Å². The van der Waals surface area contributed by atoms with Crippen molar-refractivity contribution in [3.63, 3.8) is 0 Å². The fourth-order valence-corrected chi connectivity index (χ4v) is 7.34. The number of likely N-dealkylation sites (tertiary alicyclic amines) is 1. The molecule has 0 saturated carbocycles. The van der Waals surface area contributed by atoms with Gasteiger partial charge in [0.25, 0.3) is 0 Å². The van der Waals surface area contributed by atoms with Gasteiger partial charge in [0.15, 0.2) is 12.7 Å². The van der Waals surface area contributed by atoms with Gasteiger partial charge in [0.2, 0.25) is 5.52 Å². The molecule has 1 aliphatic rings. The van der Waals surface area contributed by atoms with Crippen molar-refractivity contribution < 1.29 is 23.9 Å². The lowest BCUT2D eigenvalue weighted by molar-refractivity contribution is -0.662. The van der Waals surface area contributed by atoms with Crippen LogP contribution >= 0.6 is 31.9 Å². The van der Waals surface area contributed by atoms with Crippen molar-refractivity contribution in [2.75, 3.05) is 34.4 Å². The molecule has 0 bridgehead atoms. The Morgan fingerprint density at radius 3 is 2.22 bits per heavy atom. The summed E-state index contributed by atoms with van der Waals surface area (Å²) in [7, 11) is 5.07. The molecule has 0 aliphatic carbocycles. The highest BCUT2D eigenvalue weighted by Gasteiger charge is 2.32. The van der Waals surface area contributed by atoms with E-state index >= 15 is 0 Å². The summed E-state index contributed by atoms with van der Waals surface area (Å²) >= 11 is 7.41. The van der Waals surface area contributed by atoms with Crippen LogP contribution < -0.4 is 18.8 Å². The molecule has 1 fully saturated rings. The normalized spacial score (nSPS) is 18.4. The third kappa shape index (κ3) is 7.74. The first-order valence-electron chi connectivity index (χ1n) is 15.4. The summed E-state index contributed by atoms with van der Waals surface area (Å²) in [6.45, 7) is 9.84. The molecule has 2 heterocycles. The van der Waals surface area contributed by atoms with Crippen LogP contribution in [0.15, 0.2) is 88.5 Å². The van der Waals surface area contributed by atoms with Gasteiger partial charge in [-0.05, 0) is 91.2 Å². The molecular formula is C37H43Br2N2O4+. The van der Waals surface area contributed by atoms with E-state index in [9.17, 15) is 5.11 Å². The van der Waals surface area contributed by atoms with Crippen molar-refractivity contribution in [1.82, 2.24) is 4.90 Å². The molecule has 8 heteroatoms. The highest BCUT2D eigenvalue weighted by atomic mass is 79.9. The Hall–Kier alpha value is -2.91. The van der Waals surface area contributed by atoms with Gasteiger partial charge in [-0.2, -0.15) is 4.57 Å². The minimum atomic E-state index is -0.617. The van der Waals surface area contributed by atoms with Crippen LogP contribution in [0.1, 0.15) is 42.6 Å². The molecule has 1 aromatic heterocycles. The number of ether oxygens (including phenoxy) is 3. The van der Waals surface area contributed by atoms with Crippen LogP contribution in [0.5, 0.6) is 17.2 Å². The summed E-state index contributed by atoms with van der Waals surface area (Å²) in [6, 6.07) is 20.3. The van der Waals surface area contributed by atoms with Crippen LogP contribution in [0, 0.1) is 17.8 Å². The largest absolute Gasteiger partial charge is 0.497 e. The van der Waals surface area contributed by atoms with Gasteiger partial charge in [0.1, 0.15) is 17.2 Å². The number of aliphatic hydroxyl groups is 1. The maximum Gasteiger partial charge on any atom is 0.213 e. The Balaban J connectivity index is 1.33. The summed E-state index contributed by atoms with van der Waals surface area (Å²) in [5, 5.41) is 12.8. The van der Waals surface area contributed by atoms with Crippen molar-refractivity contribution in [1.29, 1.82) is 0 Å². The molecule has 6 nitrogen and oxygen atoms in total. The van der Waals surface area contributed by atoms with Crippen LogP contribution in [-0.4, -0.2) is 44.4 Å².